The van der Waals surface area contributed by atoms with E-state index in [0.29, 0.717) is 17.9 Å². The Bertz CT molecular complexity index is 717. The zero-order chi connectivity index (χ0) is 14.1. The number of fused-ring (bicyclic) bond motifs is 1. The lowest BCUT2D eigenvalue weighted by Gasteiger charge is -2.10. The number of hydrogen-bond donors (Lipinski definition) is 1. The minimum absolute atomic E-state index is 0.0943. The molecular formula is C14H11N5O. The standard InChI is InChI=1S/C14H11N5O/c1-19-12-4-2-9(6-10(12)7-14(19)20)11-3-5-13(16-8-15)18-17-11/h2-6H,7H2,1H3,(H,16,18). The predicted octanol–water partition coefficient (Wildman–Crippen LogP) is 1.56. The highest BCUT2D eigenvalue weighted by Gasteiger charge is 2.24. The summed E-state index contributed by atoms with van der Waals surface area (Å²) in [6.07, 6.45) is 2.21. The van der Waals surface area contributed by atoms with Crippen molar-refractivity contribution in [3.8, 4) is 17.5 Å². The molecule has 1 aliphatic rings. The summed E-state index contributed by atoms with van der Waals surface area (Å²) in [7, 11) is 1.77. The summed E-state index contributed by atoms with van der Waals surface area (Å²) in [5.41, 5.74) is 3.55. The first kappa shape index (κ1) is 12.1. The summed E-state index contributed by atoms with van der Waals surface area (Å²) in [4.78, 5) is 13.3. The summed E-state index contributed by atoms with van der Waals surface area (Å²) in [6, 6.07) is 9.26. The topological polar surface area (TPSA) is 81.9 Å². The van der Waals surface area contributed by atoms with Crippen molar-refractivity contribution in [1.29, 1.82) is 5.26 Å². The third-order valence-corrected chi connectivity index (χ3v) is 3.30. The molecule has 0 radical (unpaired) electrons. The molecule has 1 aromatic heterocycles. The number of nitrogens with zero attached hydrogens (tertiary/aromatic N) is 4. The maximum atomic E-state index is 11.7. The van der Waals surface area contributed by atoms with E-state index in [2.05, 4.69) is 15.5 Å². The molecule has 0 spiro atoms. The molecule has 20 heavy (non-hydrogen) atoms. The van der Waals surface area contributed by atoms with E-state index < -0.39 is 0 Å². The molecule has 98 valence electrons. The molecule has 0 saturated carbocycles. The predicted molar refractivity (Wildman–Crippen MR) is 73.8 cm³/mol. The number of nitrogens with one attached hydrogen (secondary N) is 1. The number of carbonyl (C=O) groups excluding carboxylic acids is 1. The smallest absolute Gasteiger partial charge is 0.231 e. The van der Waals surface area contributed by atoms with E-state index in [0.717, 1.165) is 16.8 Å². The van der Waals surface area contributed by atoms with Gasteiger partial charge in [0, 0.05) is 18.3 Å². The number of rotatable bonds is 2. The van der Waals surface area contributed by atoms with Crippen LogP contribution in [0, 0.1) is 11.5 Å². The van der Waals surface area contributed by atoms with E-state index in [-0.39, 0.29) is 5.91 Å². The molecule has 2 aromatic rings. The molecule has 0 saturated heterocycles. The van der Waals surface area contributed by atoms with E-state index >= 15 is 0 Å². The van der Waals surface area contributed by atoms with Gasteiger partial charge in [0.1, 0.15) is 0 Å². The van der Waals surface area contributed by atoms with Gasteiger partial charge in [0.2, 0.25) is 5.91 Å². The van der Waals surface area contributed by atoms with Crippen molar-refractivity contribution in [3.63, 3.8) is 0 Å². The van der Waals surface area contributed by atoms with Gasteiger partial charge in [-0.25, -0.2) is 0 Å². The van der Waals surface area contributed by atoms with Crippen LogP contribution < -0.4 is 10.2 Å². The third kappa shape index (κ3) is 1.95. The third-order valence-electron chi connectivity index (χ3n) is 3.30. The van der Waals surface area contributed by atoms with Crippen molar-refractivity contribution in [2.24, 2.45) is 0 Å². The van der Waals surface area contributed by atoms with Gasteiger partial charge in [0.25, 0.3) is 0 Å². The quantitative estimate of drug-likeness (QED) is 0.658. The van der Waals surface area contributed by atoms with Gasteiger partial charge >= 0.3 is 0 Å². The summed E-state index contributed by atoms with van der Waals surface area (Å²) in [5.74, 6) is 0.504. The van der Waals surface area contributed by atoms with Crippen LogP contribution in [0.25, 0.3) is 11.3 Å². The molecular weight excluding hydrogens is 254 g/mol. The number of carbonyl (C=O) groups is 1. The summed E-state index contributed by atoms with van der Waals surface area (Å²) in [6.45, 7) is 0. The molecule has 0 atom stereocenters. The largest absolute Gasteiger partial charge is 0.315 e. The molecule has 1 aromatic carbocycles. The molecule has 1 aliphatic heterocycles. The highest BCUT2D eigenvalue weighted by molar-refractivity contribution is 6.01. The van der Waals surface area contributed by atoms with Crippen LogP contribution in [0.2, 0.25) is 0 Å². The molecule has 6 heteroatoms. The first-order valence-electron chi connectivity index (χ1n) is 6.08. The van der Waals surface area contributed by atoms with Gasteiger partial charge in [-0.05, 0) is 29.8 Å². The van der Waals surface area contributed by atoms with Crippen LogP contribution in [-0.2, 0) is 11.2 Å². The second-order valence-electron chi connectivity index (χ2n) is 4.51. The Balaban J connectivity index is 1.94. The monoisotopic (exact) mass is 265 g/mol. The SMILES string of the molecule is CN1C(=O)Cc2cc(-c3ccc(NC#N)nn3)ccc21. The van der Waals surface area contributed by atoms with E-state index in [9.17, 15) is 4.79 Å². The van der Waals surface area contributed by atoms with Crippen molar-refractivity contribution in [2.45, 2.75) is 6.42 Å². The highest BCUT2D eigenvalue weighted by Crippen LogP contribution is 2.31. The van der Waals surface area contributed by atoms with Crippen molar-refractivity contribution >= 4 is 17.4 Å². The number of likely N-dealkylation sites (N-methyl/N-ethyl adjacent to an activating group) is 1. The molecule has 1 N–H and O–H groups in total. The van der Waals surface area contributed by atoms with Crippen LogP contribution in [0.5, 0.6) is 0 Å². The van der Waals surface area contributed by atoms with Crippen LogP contribution in [0.4, 0.5) is 11.5 Å². The first-order chi connectivity index (χ1) is 9.69. The van der Waals surface area contributed by atoms with Crippen LogP contribution in [0.1, 0.15) is 5.56 Å². The van der Waals surface area contributed by atoms with Gasteiger partial charge in [-0.15, -0.1) is 10.2 Å². The fourth-order valence-electron chi connectivity index (χ4n) is 2.24. The second kappa shape index (κ2) is 4.63. The number of hydrogen-bond acceptors (Lipinski definition) is 5. The Morgan fingerprint density at radius 2 is 2.15 bits per heavy atom. The Hall–Kier alpha value is -2.94. The minimum Gasteiger partial charge on any atom is -0.315 e. The summed E-state index contributed by atoms with van der Waals surface area (Å²) in [5, 5.41) is 18.9. The Labute approximate surface area is 115 Å². The summed E-state index contributed by atoms with van der Waals surface area (Å²) >= 11 is 0. The normalized spacial score (nSPS) is 13.0. The molecule has 2 heterocycles. The van der Waals surface area contributed by atoms with Gasteiger partial charge in [0.15, 0.2) is 12.0 Å². The van der Waals surface area contributed by atoms with E-state index in [1.54, 1.807) is 30.3 Å². The number of nitriles is 1. The average Bonchev–Trinajstić information content (AvgIpc) is 2.75. The van der Waals surface area contributed by atoms with Crippen molar-refractivity contribution in [3.05, 3.63) is 35.9 Å². The van der Waals surface area contributed by atoms with Crippen LogP contribution in [0.15, 0.2) is 30.3 Å². The maximum Gasteiger partial charge on any atom is 0.231 e. The zero-order valence-corrected chi connectivity index (χ0v) is 10.8. The number of amides is 1. The average molecular weight is 265 g/mol. The Morgan fingerprint density at radius 3 is 2.85 bits per heavy atom. The van der Waals surface area contributed by atoms with Gasteiger partial charge in [0.05, 0.1) is 12.1 Å². The first-order valence-corrected chi connectivity index (χ1v) is 6.08. The fourth-order valence-corrected chi connectivity index (χ4v) is 2.24. The second-order valence-corrected chi connectivity index (χ2v) is 4.51. The zero-order valence-electron chi connectivity index (χ0n) is 10.8. The molecule has 3 rings (SSSR count). The van der Waals surface area contributed by atoms with E-state index in [1.165, 1.54) is 0 Å². The van der Waals surface area contributed by atoms with E-state index in [4.69, 9.17) is 5.26 Å². The fraction of sp³-hybridized carbons (Fsp3) is 0.143. The Kier molecular flexibility index (Phi) is 2.80. The molecule has 0 bridgehead atoms. The van der Waals surface area contributed by atoms with Crippen LogP contribution >= 0.6 is 0 Å². The van der Waals surface area contributed by atoms with Crippen molar-refractivity contribution in [2.75, 3.05) is 17.3 Å². The number of benzene rings is 1. The number of aromatic nitrogens is 2. The van der Waals surface area contributed by atoms with Gasteiger partial charge in [-0.2, -0.15) is 5.26 Å². The Morgan fingerprint density at radius 1 is 1.30 bits per heavy atom. The lowest BCUT2D eigenvalue weighted by Crippen LogP contribution is -2.20. The minimum atomic E-state index is 0.0943. The van der Waals surface area contributed by atoms with Gasteiger partial charge < -0.3 is 4.90 Å². The highest BCUT2D eigenvalue weighted by atomic mass is 16.2. The lowest BCUT2D eigenvalue weighted by atomic mass is 10.1. The molecule has 0 unspecified atom stereocenters. The molecule has 0 fully saturated rings. The molecule has 0 aliphatic carbocycles. The van der Waals surface area contributed by atoms with E-state index in [1.807, 2.05) is 18.2 Å². The molecule has 6 nitrogen and oxygen atoms in total. The van der Waals surface area contributed by atoms with Gasteiger partial charge in [-0.1, -0.05) is 6.07 Å². The maximum absolute atomic E-state index is 11.7. The van der Waals surface area contributed by atoms with Gasteiger partial charge in [-0.3, -0.25) is 10.1 Å². The summed E-state index contributed by atoms with van der Waals surface area (Å²) < 4.78 is 0. The lowest BCUT2D eigenvalue weighted by molar-refractivity contribution is -0.117. The molecule has 1 amide bonds. The van der Waals surface area contributed by atoms with Crippen LogP contribution in [0.3, 0.4) is 0 Å². The van der Waals surface area contributed by atoms with Crippen LogP contribution in [-0.4, -0.2) is 23.2 Å². The van der Waals surface area contributed by atoms with Crippen molar-refractivity contribution < 1.29 is 4.79 Å². The number of anilines is 2. The van der Waals surface area contributed by atoms with Crippen molar-refractivity contribution in [1.82, 2.24) is 10.2 Å².